The van der Waals surface area contributed by atoms with Gasteiger partial charge >= 0.3 is 5.97 Å². The Morgan fingerprint density at radius 1 is 1.50 bits per heavy atom. The molecule has 0 aromatic heterocycles. The SMILES string of the molecule is CC(NS(=O)(=O)c1cc2c(cc1Cl)NC(=O)C2)C(=O)O. The van der Waals surface area contributed by atoms with Gasteiger partial charge in [-0.25, -0.2) is 8.42 Å². The molecule has 1 amide bonds. The monoisotopic (exact) mass is 318 g/mol. The number of fused-ring (bicyclic) bond motifs is 1. The van der Waals surface area contributed by atoms with Gasteiger partial charge in [-0.2, -0.15) is 4.72 Å². The maximum atomic E-state index is 12.1. The predicted molar refractivity (Wildman–Crippen MR) is 71.2 cm³/mol. The number of carbonyl (C=O) groups excluding carboxylic acids is 1. The molecule has 1 aliphatic heterocycles. The van der Waals surface area contributed by atoms with E-state index in [1.165, 1.54) is 19.1 Å². The maximum absolute atomic E-state index is 12.1. The number of aliphatic carboxylic acids is 1. The lowest BCUT2D eigenvalue weighted by atomic mass is 10.2. The molecule has 0 radical (unpaired) electrons. The van der Waals surface area contributed by atoms with Gasteiger partial charge in [0.2, 0.25) is 15.9 Å². The second-order valence-electron chi connectivity index (χ2n) is 4.35. The molecule has 1 atom stereocenters. The van der Waals surface area contributed by atoms with Crippen molar-refractivity contribution in [1.82, 2.24) is 4.72 Å². The molecular weight excluding hydrogens is 308 g/mol. The first-order valence-electron chi connectivity index (χ1n) is 5.58. The lowest BCUT2D eigenvalue weighted by Gasteiger charge is -2.12. The normalized spacial score (nSPS) is 15.6. The molecule has 9 heteroatoms. The zero-order valence-electron chi connectivity index (χ0n) is 10.3. The van der Waals surface area contributed by atoms with Crippen LogP contribution in [-0.2, 0) is 26.0 Å². The van der Waals surface area contributed by atoms with Gasteiger partial charge in [0.05, 0.1) is 11.4 Å². The van der Waals surface area contributed by atoms with E-state index in [4.69, 9.17) is 16.7 Å². The molecule has 1 unspecified atom stereocenters. The molecule has 0 aliphatic carbocycles. The number of nitrogens with one attached hydrogen (secondary N) is 2. The van der Waals surface area contributed by atoms with Crippen LogP contribution in [-0.4, -0.2) is 31.4 Å². The van der Waals surface area contributed by atoms with Crippen molar-refractivity contribution in [2.24, 2.45) is 0 Å². The number of benzene rings is 1. The minimum atomic E-state index is -4.08. The molecule has 2 rings (SSSR count). The zero-order valence-corrected chi connectivity index (χ0v) is 11.9. The van der Waals surface area contributed by atoms with Gasteiger partial charge in [-0.1, -0.05) is 11.6 Å². The van der Waals surface area contributed by atoms with Crippen molar-refractivity contribution in [2.45, 2.75) is 24.3 Å². The van der Waals surface area contributed by atoms with Crippen LogP contribution in [0.15, 0.2) is 17.0 Å². The summed E-state index contributed by atoms with van der Waals surface area (Å²) in [5, 5.41) is 11.2. The third kappa shape index (κ3) is 2.77. The summed E-state index contributed by atoms with van der Waals surface area (Å²) in [6, 6.07) is 1.32. The Labute approximate surface area is 120 Å². The van der Waals surface area contributed by atoms with Crippen molar-refractivity contribution >= 4 is 39.2 Å². The van der Waals surface area contributed by atoms with Crippen LogP contribution in [0.2, 0.25) is 5.02 Å². The van der Waals surface area contributed by atoms with Crippen LogP contribution >= 0.6 is 11.6 Å². The van der Waals surface area contributed by atoms with Crippen LogP contribution in [0.4, 0.5) is 5.69 Å². The quantitative estimate of drug-likeness (QED) is 0.752. The summed E-state index contributed by atoms with van der Waals surface area (Å²) in [5.74, 6) is -1.56. The Morgan fingerprint density at radius 2 is 2.15 bits per heavy atom. The molecular formula is C11H11ClN2O5S. The van der Waals surface area contributed by atoms with Crippen LogP contribution in [0.25, 0.3) is 0 Å². The number of hydrogen-bond acceptors (Lipinski definition) is 4. The standard InChI is InChI=1S/C11H11ClN2O5S/c1-5(11(16)17)14-20(18,19)9-2-6-3-10(15)13-8(6)4-7(9)12/h2,4-5,14H,3H2,1H3,(H,13,15)(H,16,17). The van der Waals surface area contributed by atoms with E-state index in [-0.39, 0.29) is 22.2 Å². The van der Waals surface area contributed by atoms with Crippen LogP contribution in [0.3, 0.4) is 0 Å². The van der Waals surface area contributed by atoms with Crippen molar-refractivity contribution < 1.29 is 23.1 Å². The fraction of sp³-hybridized carbons (Fsp3) is 0.273. The van der Waals surface area contributed by atoms with E-state index in [9.17, 15) is 18.0 Å². The number of carbonyl (C=O) groups is 2. The second-order valence-corrected chi connectivity index (χ2v) is 6.44. The predicted octanol–water partition coefficient (Wildman–Crippen LogP) is 0.586. The number of hydrogen-bond donors (Lipinski definition) is 3. The van der Waals surface area contributed by atoms with E-state index in [1.54, 1.807) is 0 Å². The lowest BCUT2D eigenvalue weighted by molar-refractivity contribution is -0.138. The van der Waals surface area contributed by atoms with Gasteiger partial charge in [-0.15, -0.1) is 0 Å². The summed E-state index contributed by atoms with van der Waals surface area (Å²) in [6.07, 6.45) is 0.0590. The van der Waals surface area contributed by atoms with Gasteiger partial charge in [0.1, 0.15) is 10.9 Å². The summed E-state index contributed by atoms with van der Waals surface area (Å²) in [4.78, 5) is 21.7. The van der Waals surface area contributed by atoms with E-state index in [2.05, 4.69) is 5.32 Å². The highest BCUT2D eigenvalue weighted by molar-refractivity contribution is 7.89. The summed E-state index contributed by atoms with van der Waals surface area (Å²) < 4.78 is 26.2. The van der Waals surface area contributed by atoms with Gasteiger partial charge in [0, 0.05) is 5.69 Å². The third-order valence-corrected chi connectivity index (χ3v) is 4.78. The van der Waals surface area contributed by atoms with E-state index in [0.717, 1.165) is 0 Å². The summed E-state index contributed by atoms with van der Waals surface area (Å²) in [5.41, 5.74) is 0.966. The average Bonchev–Trinajstić information content (AvgIpc) is 2.66. The van der Waals surface area contributed by atoms with Crippen LogP contribution in [0.1, 0.15) is 12.5 Å². The second kappa shape index (κ2) is 5.04. The topological polar surface area (TPSA) is 113 Å². The van der Waals surface area contributed by atoms with Gasteiger partial charge in [0.15, 0.2) is 0 Å². The lowest BCUT2D eigenvalue weighted by Crippen LogP contribution is -2.38. The molecule has 0 fully saturated rings. The molecule has 108 valence electrons. The fourth-order valence-electron chi connectivity index (χ4n) is 1.78. The highest BCUT2D eigenvalue weighted by Gasteiger charge is 2.27. The molecule has 7 nitrogen and oxygen atoms in total. The first-order valence-corrected chi connectivity index (χ1v) is 7.44. The Bertz CT molecular complexity index is 701. The molecule has 0 spiro atoms. The van der Waals surface area contributed by atoms with Gasteiger partial charge in [-0.3, -0.25) is 9.59 Å². The summed E-state index contributed by atoms with van der Waals surface area (Å²) in [6.45, 7) is 1.20. The Hall–Kier alpha value is -1.64. The highest BCUT2D eigenvalue weighted by atomic mass is 35.5. The minimum Gasteiger partial charge on any atom is -0.480 e. The van der Waals surface area contributed by atoms with E-state index in [0.29, 0.717) is 11.3 Å². The van der Waals surface area contributed by atoms with Crippen molar-refractivity contribution in [3.8, 4) is 0 Å². The molecule has 1 aromatic carbocycles. The molecule has 1 aromatic rings. The number of carboxylic acids is 1. The molecule has 1 heterocycles. The largest absolute Gasteiger partial charge is 0.480 e. The molecule has 20 heavy (non-hydrogen) atoms. The summed E-state index contributed by atoms with van der Waals surface area (Å²) >= 11 is 5.89. The van der Waals surface area contributed by atoms with Crippen LogP contribution < -0.4 is 10.0 Å². The van der Waals surface area contributed by atoms with Crippen molar-refractivity contribution in [1.29, 1.82) is 0 Å². The van der Waals surface area contributed by atoms with Crippen molar-refractivity contribution in [3.05, 3.63) is 22.7 Å². The smallest absolute Gasteiger partial charge is 0.321 e. The number of carboxylic acid groups (broad SMARTS) is 1. The van der Waals surface area contributed by atoms with Crippen LogP contribution in [0.5, 0.6) is 0 Å². The summed E-state index contributed by atoms with van der Waals surface area (Å²) in [7, 11) is -4.08. The molecule has 0 saturated heterocycles. The first kappa shape index (κ1) is 14.8. The first-order chi connectivity index (χ1) is 9.20. The molecule has 3 N–H and O–H groups in total. The molecule has 0 saturated carbocycles. The highest BCUT2D eigenvalue weighted by Crippen LogP contribution is 2.32. The fourth-order valence-corrected chi connectivity index (χ4v) is 3.55. The Kier molecular flexibility index (Phi) is 3.72. The Balaban J connectivity index is 2.41. The number of amides is 1. The minimum absolute atomic E-state index is 0.0590. The molecule has 1 aliphatic rings. The van der Waals surface area contributed by atoms with Gasteiger partial charge in [0.25, 0.3) is 0 Å². The maximum Gasteiger partial charge on any atom is 0.321 e. The number of sulfonamides is 1. The van der Waals surface area contributed by atoms with Gasteiger partial charge in [-0.05, 0) is 24.6 Å². The number of rotatable bonds is 4. The van der Waals surface area contributed by atoms with Crippen molar-refractivity contribution in [3.63, 3.8) is 0 Å². The number of anilines is 1. The van der Waals surface area contributed by atoms with E-state index >= 15 is 0 Å². The van der Waals surface area contributed by atoms with Crippen LogP contribution in [0, 0.1) is 0 Å². The van der Waals surface area contributed by atoms with E-state index in [1.807, 2.05) is 4.72 Å². The average molecular weight is 319 g/mol. The van der Waals surface area contributed by atoms with Crippen molar-refractivity contribution in [2.75, 3.05) is 5.32 Å². The van der Waals surface area contributed by atoms with Gasteiger partial charge < -0.3 is 10.4 Å². The third-order valence-electron chi connectivity index (χ3n) is 2.77. The van der Waals surface area contributed by atoms with E-state index < -0.39 is 22.0 Å². The Morgan fingerprint density at radius 3 is 2.75 bits per heavy atom. The molecule has 0 bridgehead atoms. The zero-order chi connectivity index (χ0) is 15.1. The number of halogens is 1.